The Morgan fingerprint density at radius 2 is 2.32 bits per heavy atom. The van der Waals surface area contributed by atoms with Crippen LogP contribution in [0.5, 0.6) is 0 Å². The van der Waals surface area contributed by atoms with Crippen molar-refractivity contribution in [2.45, 2.75) is 25.8 Å². The molecule has 1 aliphatic rings. The van der Waals surface area contributed by atoms with Gasteiger partial charge in [-0.15, -0.1) is 5.10 Å². The van der Waals surface area contributed by atoms with Gasteiger partial charge in [-0.2, -0.15) is 4.98 Å². The van der Waals surface area contributed by atoms with E-state index >= 15 is 0 Å². The number of aromatic nitrogens is 4. The van der Waals surface area contributed by atoms with Crippen molar-refractivity contribution in [3.05, 3.63) is 11.5 Å². The lowest BCUT2D eigenvalue weighted by Crippen LogP contribution is -2.35. The number of hydrogen-bond donors (Lipinski definition) is 1. The molecule has 7 nitrogen and oxygen atoms in total. The molecule has 2 aromatic rings. The van der Waals surface area contributed by atoms with Crippen LogP contribution >= 0.6 is 11.5 Å². The minimum Gasteiger partial charge on any atom is -0.378 e. The van der Waals surface area contributed by atoms with Crippen LogP contribution in [0.3, 0.4) is 0 Å². The first-order valence-corrected chi connectivity index (χ1v) is 7.00. The van der Waals surface area contributed by atoms with Crippen molar-refractivity contribution in [3.63, 3.8) is 0 Å². The maximum Gasteiger partial charge on any atom is 0.271 e. The predicted molar refractivity (Wildman–Crippen MR) is 68.9 cm³/mol. The molecule has 0 aliphatic carbocycles. The van der Waals surface area contributed by atoms with Gasteiger partial charge in [-0.3, -0.25) is 0 Å². The van der Waals surface area contributed by atoms with E-state index in [1.807, 2.05) is 0 Å². The monoisotopic (exact) mass is 281 g/mol. The van der Waals surface area contributed by atoms with Gasteiger partial charge in [-0.25, -0.2) is 0 Å². The summed E-state index contributed by atoms with van der Waals surface area (Å²) in [5.74, 6) is 1.39. The molecular formula is C11H15N5O2S. The van der Waals surface area contributed by atoms with E-state index in [9.17, 15) is 0 Å². The summed E-state index contributed by atoms with van der Waals surface area (Å²) in [7, 11) is 0. The van der Waals surface area contributed by atoms with Gasteiger partial charge < -0.3 is 14.6 Å². The molecule has 0 radical (unpaired) electrons. The number of morpholine rings is 1. The minimum absolute atomic E-state index is 0.00497. The predicted octanol–water partition coefficient (Wildman–Crippen LogP) is 1.37. The van der Waals surface area contributed by atoms with Gasteiger partial charge in [-0.05, 0) is 17.5 Å². The third kappa shape index (κ3) is 2.51. The highest BCUT2D eigenvalue weighted by Gasteiger charge is 2.24. The molecule has 2 aromatic heterocycles. The Bertz CT molecular complexity index is 547. The van der Waals surface area contributed by atoms with Crippen LogP contribution in [0.25, 0.3) is 10.8 Å². The third-order valence-corrected chi connectivity index (χ3v) is 3.66. The minimum atomic E-state index is -0.00497. The second-order valence-electron chi connectivity index (χ2n) is 4.68. The average molecular weight is 281 g/mol. The lowest BCUT2D eigenvalue weighted by molar-refractivity contribution is 0.0734. The molecule has 1 aliphatic heterocycles. The Morgan fingerprint density at radius 1 is 1.42 bits per heavy atom. The van der Waals surface area contributed by atoms with Gasteiger partial charge in [0.15, 0.2) is 5.82 Å². The zero-order valence-corrected chi connectivity index (χ0v) is 11.6. The van der Waals surface area contributed by atoms with E-state index in [-0.39, 0.29) is 12.0 Å². The topological polar surface area (TPSA) is 86.0 Å². The Hall–Kier alpha value is -1.38. The summed E-state index contributed by atoms with van der Waals surface area (Å²) in [4.78, 5) is 5.28. The van der Waals surface area contributed by atoms with Crippen LogP contribution in [0, 0.1) is 0 Å². The van der Waals surface area contributed by atoms with E-state index in [4.69, 9.17) is 9.26 Å². The second-order valence-corrected chi connectivity index (χ2v) is 5.44. The lowest BCUT2D eigenvalue weighted by atomic mass is 10.1. The highest BCUT2D eigenvalue weighted by Crippen LogP contribution is 2.30. The summed E-state index contributed by atoms with van der Waals surface area (Å²) >= 11 is 1.28. The van der Waals surface area contributed by atoms with Crippen LogP contribution in [-0.4, -0.2) is 39.5 Å². The first-order chi connectivity index (χ1) is 9.25. The molecule has 19 heavy (non-hydrogen) atoms. The largest absolute Gasteiger partial charge is 0.378 e. The molecular weight excluding hydrogens is 266 g/mol. The van der Waals surface area contributed by atoms with Crippen molar-refractivity contribution in [2.75, 3.05) is 19.8 Å². The van der Waals surface area contributed by atoms with Crippen LogP contribution in [-0.2, 0) is 4.74 Å². The van der Waals surface area contributed by atoms with Crippen molar-refractivity contribution in [3.8, 4) is 10.8 Å². The molecule has 3 heterocycles. The van der Waals surface area contributed by atoms with E-state index in [1.165, 1.54) is 11.5 Å². The number of ether oxygens (including phenoxy) is 1. The second kappa shape index (κ2) is 5.32. The van der Waals surface area contributed by atoms with Crippen LogP contribution in [0.15, 0.2) is 4.52 Å². The number of nitrogens with zero attached hydrogens (tertiary/aromatic N) is 4. The van der Waals surface area contributed by atoms with Gasteiger partial charge in [0.2, 0.25) is 0 Å². The first kappa shape index (κ1) is 12.6. The summed E-state index contributed by atoms with van der Waals surface area (Å²) in [5.41, 5.74) is 0.896. The molecule has 8 heteroatoms. The fourth-order valence-electron chi connectivity index (χ4n) is 1.92. The number of nitrogens with one attached hydrogen (secondary N) is 1. The molecule has 0 aromatic carbocycles. The Morgan fingerprint density at radius 3 is 3.05 bits per heavy atom. The molecule has 3 rings (SSSR count). The van der Waals surface area contributed by atoms with Crippen molar-refractivity contribution in [2.24, 2.45) is 0 Å². The van der Waals surface area contributed by atoms with Gasteiger partial charge >= 0.3 is 0 Å². The van der Waals surface area contributed by atoms with E-state index < -0.39 is 0 Å². The summed E-state index contributed by atoms with van der Waals surface area (Å²) in [6, 6.07) is -0.00497. The molecule has 0 spiro atoms. The number of hydrogen-bond acceptors (Lipinski definition) is 8. The molecule has 0 amide bonds. The quantitative estimate of drug-likeness (QED) is 0.909. The van der Waals surface area contributed by atoms with E-state index in [2.05, 4.69) is 38.9 Å². The zero-order valence-electron chi connectivity index (χ0n) is 10.8. The van der Waals surface area contributed by atoms with Crippen molar-refractivity contribution >= 4 is 11.5 Å². The summed E-state index contributed by atoms with van der Waals surface area (Å²) in [6.07, 6.45) is 0. The zero-order chi connectivity index (χ0) is 13.2. The molecule has 1 unspecified atom stereocenters. The average Bonchev–Trinajstić information content (AvgIpc) is 3.08. The van der Waals surface area contributed by atoms with Crippen molar-refractivity contribution in [1.29, 1.82) is 0 Å². The van der Waals surface area contributed by atoms with Gasteiger partial charge in [0, 0.05) is 6.54 Å². The fourth-order valence-corrected chi connectivity index (χ4v) is 2.67. The SMILES string of the molecule is CC(C)c1nnsc1-c1nc(C2COCCN2)no1. The third-order valence-electron chi connectivity index (χ3n) is 2.93. The maximum absolute atomic E-state index is 5.39. The molecule has 0 saturated carbocycles. The highest BCUT2D eigenvalue weighted by molar-refractivity contribution is 7.09. The van der Waals surface area contributed by atoms with Crippen LogP contribution in [0.1, 0.15) is 37.3 Å². The summed E-state index contributed by atoms with van der Waals surface area (Å²) in [6.45, 7) is 6.21. The fraction of sp³-hybridized carbons (Fsp3) is 0.636. The van der Waals surface area contributed by atoms with E-state index in [0.29, 0.717) is 18.3 Å². The smallest absolute Gasteiger partial charge is 0.271 e. The molecule has 1 saturated heterocycles. The van der Waals surface area contributed by atoms with Crippen LogP contribution in [0.4, 0.5) is 0 Å². The maximum atomic E-state index is 5.39. The summed E-state index contributed by atoms with van der Waals surface area (Å²) < 4.78 is 14.7. The highest BCUT2D eigenvalue weighted by atomic mass is 32.1. The van der Waals surface area contributed by atoms with E-state index in [1.54, 1.807) is 0 Å². The van der Waals surface area contributed by atoms with Gasteiger partial charge in [-0.1, -0.05) is 23.5 Å². The normalized spacial score (nSPS) is 20.1. The Labute approximate surface area is 114 Å². The molecule has 1 N–H and O–H groups in total. The van der Waals surface area contributed by atoms with Crippen molar-refractivity contribution in [1.82, 2.24) is 25.0 Å². The van der Waals surface area contributed by atoms with Gasteiger partial charge in [0.25, 0.3) is 5.89 Å². The van der Waals surface area contributed by atoms with Gasteiger partial charge in [0.05, 0.1) is 24.9 Å². The Balaban J connectivity index is 1.86. The standard InChI is InChI=1S/C11H15N5O2S/c1-6(2)8-9(19-16-14-8)11-13-10(15-18-11)7-5-17-4-3-12-7/h6-7,12H,3-5H2,1-2H3. The molecule has 1 fully saturated rings. The molecule has 0 bridgehead atoms. The van der Waals surface area contributed by atoms with Gasteiger partial charge in [0.1, 0.15) is 4.88 Å². The first-order valence-electron chi connectivity index (χ1n) is 6.23. The van der Waals surface area contributed by atoms with Crippen molar-refractivity contribution < 1.29 is 9.26 Å². The van der Waals surface area contributed by atoms with E-state index in [0.717, 1.165) is 23.7 Å². The van der Waals surface area contributed by atoms with Crippen LogP contribution in [0.2, 0.25) is 0 Å². The number of rotatable bonds is 3. The van der Waals surface area contributed by atoms with Crippen LogP contribution < -0.4 is 5.32 Å². The molecule has 1 atom stereocenters. The lowest BCUT2D eigenvalue weighted by Gasteiger charge is -2.20. The molecule has 102 valence electrons. The summed E-state index contributed by atoms with van der Waals surface area (Å²) in [5, 5.41) is 11.4. The Kier molecular flexibility index (Phi) is 3.54.